The van der Waals surface area contributed by atoms with Gasteiger partial charge in [-0.15, -0.1) is 0 Å². The Morgan fingerprint density at radius 2 is 0.763 bits per heavy atom. The van der Waals surface area contributed by atoms with Gasteiger partial charge in [-0.25, -0.2) is 0 Å². The SMILES string of the molecule is c1ccc(-c2ccc3c(c2)-c2cc(-c4ccccc4)ccc2C32c3ccccc3Oc3ccccc32)cc1. The molecule has 1 aliphatic carbocycles. The zero-order valence-electron chi connectivity index (χ0n) is 20.8. The predicted molar refractivity (Wildman–Crippen MR) is 155 cm³/mol. The van der Waals surface area contributed by atoms with Crippen LogP contribution in [0.4, 0.5) is 0 Å². The molecule has 8 rings (SSSR count). The van der Waals surface area contributed by atoms with Crippen LogP contribution in [0.1, 0.15) is 22.3 Å². The van der Waals surface area contributed by atoms with Gasteiger partial charge in [0.15, 0.2) is 0 Å². The first-order valence-electron chi connectivity index (χ1n) is 13.1. The number of hydrogen-bond donors (Lipinski definition) is 0. The first kappa shape index (κ1) is 21.2. The molecule has 1 aliphatic heterocycles. The molecule has 1 heterocycles. The minimum atomic E-state index is -0.444. The summed E-state index contributed by atoms with van der Waals surface area (Å²) < 4.78 is 6.48. The van der Waals surface area contributed by atoms with Gasteiger partial charge in [0.25, 0.3) is 0 Å². The third-order valence-corrected chi connectivity index (χ3v) is 8.15. The van der Waals surface area contributed by atoms with Crippen LogP contribution >= 0.6 is 0 Å². The van der Waals surface area contributed by atoms with E-state index >= 15 is 0 Å². The van der Waals surface area contributed by atoms with Crippen LogP contribution in [0.2, 0.25) is 0 Å². The van der Waals surface area contributed by atoms with Gasteiger partial charge >= 0.3 is 0 Å². The summed E-state index contributed by atoms with van der Waals surface area (Å²) in [5, 5.41) is 0. The van der Waals surface area contributed by atoms with E-state index < -0.39 is 5.41 Å². The Hall–Kier alpha value is -4.88. The van der Waals surface area contributed by atoms with Crippen LogP contribution in [0.5, 0.6) is 11.5 Å². The smallest absolute Gasteiger partial charge is 0.132 e. The van der Waals surface area contributed by atoms with E-state index in [0.29, 0.717) is 0 Å². The Morgan fingerprint density at radius 1 is 0.342 bits per heavy atom. The molecule has 0 saturated heterocycles. The van der Waals surface area contributed by atoms with Crippen molar-refractivity contribution in [2.24, 2.45) is 0 Å². The van der Waals surface area contributed by atoms with Gasteiger partial charge < -0.3 is 4.74 Å². The summed E-state index contributed by atoms with van der Waals surface area (Å²) in [6.07, 6.45) is 0. The largest absolute Gasteiger partial charge is 0.457 e. The molecular weight excluding hydrogens is 460 g/mol. The number of para-hydroxylation sites is 2. The maximum atomic E-state index is 6.48. The highest BCUT2D eigenvalue weighted by atomic mass is 16.5. The fourth-order valence-corrected chi connectivity index (χ4v) is 6.53. The summed E-state index contributed by atoms with van der Waals surface area (Å²) in [5.41, 5.74) is 12.0. The van der Waals surface area contributed by atoms with Crippen molar-refractivity contribution in [3.05, 3.63) is 168 Å². The first-order chi connectivity index (χ1) is 18.8. The van der Waals surface area contributed by atoms with E-state index in [0.717, 1.165) is 11.5 Å². The Balaban J connectivity index is 1.49. The van der Waals surface area contributed by atoms with Crippen molar-refractivity contribution in [3.63, 3.8) is 0 Å². The highest BCUT2D eigenvalue weighted by molar-refractivity contribution is 5.92. The summed E-state index contributed by atoms with van der Waals surface area (Å²) >= 11 is 0. The van der Waals surface area contributed by atoms with Crippen molar-refractivity contribution in [1.82, 2.24) is 0 Å². The van der Waals surface area contributed by atoms with Crippen LogP contribution in [0.3, 0.4) is 0 Å². The summed E-state index contributed by atoms with van der Waals surface area (Å²) in [6, 6.07) is 52.4. The molecule has 178 valence electrons. The van der Waals surface area contributed by atoms with E-state index in [-0.39, 0.29) is 0 Å². The topological polar surface area (TPSA) is 9.23 Å². The molecule has 0 aromatic heterocycles. The molecule has 1 nitrogen and oxygen atoms in total. The van der Waals surface area contributed by atoms with E-state index in [1.54, 1.807) is 0 Å². The van der Waals surface area contributed by atoms with Crippen LogP contribution in [0.25, 0.3) is 33.4 Å². The lowest BCUT2D eigenvalue weighted by atomic mass is 9.66. The lowest BCUT2D eigenvalue weighted by Crippen LogP contribution is -2.32. The van der Waals surface area contributed by atoms with Gasteiger partial charge in [-0.3, -0.25) is 0 Å². The molecule has 0 fully saturated rings. The van der Waals surface area contributed by atoms with Crippen LogP contribution in [0, 0.1) is 0 Å². The Labute approximate surface area is 222 Å². The molecule has 0 amide bonds. The summed E-state index contributed by atoms with van der Waals surface area (Å²) in [5.74, 6) is 1.84. The molecule has 0 N–H and O–H groups in total. The van der Waals surface area contributed by atoms with E-state index in [9.17, 15) is 0 Å². The second-order valence-electron chi connectivity index (χ2n) is 10.1. The number of hydrogen-bond acceptors (Lipinski definition) is 1. The number of rotatable bonds is 2. The molecule has 1 spiro atoms. The minimum absolute atomic E-state index is 0.444. The van der Waals surface area contributed by atoms with Gasteiger partial charge in [-0.05, 0) is 68.8 Å². The average Bonchev–Trinajstić information content (AvgIpc) is 3.28. The zero-order chi connectivity index (χ0) is 25.1. The van der Waals surface area contributed by atoms with Gasteiger partial charge in [-0.1, -0.05) is 121 Å². The summed E-state index contributed by atoms with van der Waals surface area (Å²) in [6.45, 7) is 0. The molecule has 38 heavy (non-hydrogen) atoms. The van der Waals surface area contributed by atoms with Gasteiger partial charge in [0.05, 0.1) is 5.41 Å². The standard InChI is InChI=1S/C37H24O/c1-3-11-25(12-4-1)27-19-21-31-29(23-27)30-24-28(26-13-5-2-6-14-26)20-22-32(30)37(31)33-15-7-9-17-35(33)38-36-18-10-8-16-34(36)37/h1-24H. The van der Waals surface area contributed by atoms with Crippen molar-refractivity contribution in [1.29, 1.82) is 0 Å². The van der Waals surface area contributed by atoms with Gasteiger partial charge in [0.1, 0.15) is 11.5 Å². The highest BCUT2D eigenvalue weighted by Crippen LogP contribution is 2.62. The Morgan fingerprint density at radius 3 is 1.24 bits per heavy atom. The minimum Gasteiger partial charge on any atom is -0.457 e. The molecule has 6 aromatic carbocycles. The molecule has 0 saturated carbocycles. The highest BCUT2D eigenvalue weighted by Gasteiger charge is 2.51. The van der Waals surface area contributed by atoms with Crippen molar-refractivity contribution < 1.29 is 4.74 Å². The molecule has 0 unspecified atom stereocenters. The molecule has 6 aromatic rings. The average molecular weight is 485 g/mol. The fourth-order valence-electron chi connectivity index (χ4n) is 6.53. The third-order valence-electron chi connectivity index (χ3n) is 8.15. The van der Waals surface area contributed by atoms with Crippen LogP contribution < -0.4 is 4.74 Å². The van der Waals surface area contributed by atoms with Crippen LogP contribution in [-0.4, -0.2) is 0 Å². The fraction of sp³-hybridized carbons (Fsp3) is 0.0270. The van der Waals surface area contributed by atoms with E-state index in [1.165, 1.54) is 55.6 Å². The number of fused-ring (bicyclic) bond motifs is 9. The molecule has 1 heteroatoms. The van der Waals surface area contributed by atoms with Crippen molar-refractivity contribution in [2.75, 3.05) is 0 Å². The van der Waals surface area contributed by atoms with E-state index in [4.69, 9.17) is 4.74 Å². The van der Waals surface area contributed by atoms with E-state index in [2.05, 4.69) is 146 Å². The molecule has 2 aliphatic rings. The third kappa shape index (κ3) is 2.87. The second kappa shape index (κ2) is 8.06. The maximum absolute atomic E-state index is 6.48. The first-order valence-corrected chi connectivity index (χ1v) is 13.1. The summed E-state index contributed by atoms with van der Waals surface area (Å²) in [7, 11) is 0. The normalized spacial score (nSPS) is 13.7. The second-order valence-corrected chi connectivity index (χ2v) is 10.1. The zero-order valence-corrected chi connectivity index (χ0v) is 20.8. The maximum Gasteiger partial charge on any atom is 0.132 e. The van der Waals surface area contributed by atoms with Crippen molar-refractivity contribution >= 4 is 0 Å². The molecular formula is C37H24O. The van der Waals surface area contributed by atoms with Crippen LogP contribution in [-0.2, 0) is 5.41 Å². The van der Waals surface area contributed by atoms with Crippen molar-refractivity contribution in [2.45, 2.75) is 5.41 Å². The Kier molecular flexibility index (Phi) is 4.50. The molecule has 0 bridgehead atoms. The van der Waals surface area contributed by atoms with E-state index in [1.807, 2.05) is 0 Å². The van der Waals surface area contributed by atoms with Gasteiger partial charge in [-0.2, -0.15) is 0 Å². The van der Waals surface area contributed by atoms with Crippen molar-refractivity contribution in [3.8, 4) is 44.9 Å². The number of ether oxygens (including phenoxy) is 1. The number of benzene rings is 6. The monoisotopic (exact) mass is 484 g/mol. The quantitative estimate of drug-likeness (QED) is 0.237. The predicted octanol–water partition coefficient (Wildman–Crippen LogP) is 9.49. The Bertz CT molecular complexity index is 1700. The molecule has 0 atom stereocenters. The summed E-state index contributed by atoms with van der Waals surface area (Å²) in [4.78, 5) is 0. The van der Waals surface area contributed by atoms with Gasteiger partial charge in [0.2, 0.25) is 0 Å². The van der Waals surface area contributed by atoms with Crippen LogP contribution in [0.15, 0.2) is 146 Å². The molecule has 0 radical (unpaired) electrons. The lowest BCUT2D eigenvalue weighted by Gasteiger charge is -2.39. The van der Waals surface area contributed by atoms with Gasteiger partial charge in [0, 0.05) is 11.1 Å². The lowest BCUT2D eigenvalue weighted by molar-refractivity contribution is 0.436.